The summed E-state index contributed by atoms with van der Waals surface area (Å²) in [6.45, 7) is 4.62. The molecule has 0 bridgehead atoms. The molecule has 28 heavy (non-hydrogen) atoms. The van der Waals surface area contributed by atoms with E-state index in [1.807, 2.05) is 28.8 Å². The molecule has 2 aromatic rings. The monoisotopic (exact) mass is 384 g/mol. The predicted octanol–water partition coefficient (Wildman–Crippen LogP) is 2.94. The Balaban J connectivity index is 1.65. The lowest BCUT2D eigenvalue weighted by molar-refractivity contribution is -0.00209. The zero-order chi connectivity index (χ0) is 19.6. The van der Waals surface area contributed by atoms with Crippen LogP contribution < -0.4 is 4.90 Å². The Bertz CT molecular complexity index is 985. The number of pyridine rings is 1. The number of hydrogen-bond donors (Lipinski definition) is 0. The summed E-state index contributed by atoms with van der Waals surface area (Å²) in [4.78, 5) is 8.92. The number of hydrogen-bond acceptors (Lipinski definition) is 5. The minimum absolute atomic E-state index is 0.0424. The highest BCUT2D eigenvalue weighted by molar-refractivity contribution is 5.74. The third-order valence-corrected chi connectivity index (χ3v) is 6.33. The van der Waals surface area contributed by atoms with Gasteiger partial charge < -0.3 is 9.80 Å². The lowest BCUT2D eigenvalue weighted by atomic mass is 9.96. The van der Waals surface area contributed by atoms with Crippen molar-refractivity contribution in [1.29, 1.82) is 5.26 Å². The number of alkyl halides is 2. The maximum Gasteiger partial charge on any atom is 0.275 e. The highest BCUT2D eigenvalue weighted by Crippen LogP contribution is 2.49. The Hall–Kier alpha value is -2.53. The lowest BCUT2D eigenvalue weighted by Gasteiger charge is -2.40. The fraction of sp³-hybridized carbons (Fsp3) is 0.550. The van der Waals surface area contributed by atoms with Gasteiger partial charge in [0.05, 0.1) is 17.9 Å². The van der Waals surface area contributed by atoms with Crippen molar-refractivity contribution in [3.63, 3.8) is 0 Å². The summed E-state index contributed by atoms with van der Waals surface area (Å²) >= 11 is 0. The summed E-state index contributed by atoms with van der Waals surface area (Å²) in [6, 6.07) is 2.55. The van der Waals surface area contributed by atoms with Crippen LogP contribution >= 0.6 is 0 Å². The number of nitrogens with zero attached hydrogens (tertiary/aromatic N) is 6. The maximum absolute atomic E-state index is 14.8. The molecule has 1 aliphatic carbocycles. The fourth-order valence-corrected chi connectivity index (χ4v) is 4.54. The largest absolute Gasteiger partial charge is 0.353 e. The molecule has 2 aromatic heterocycles. The molecule has 0 aromatic carbocycles. The van der Waals surface area contributed by atoms with Gasteiger partial charge in [-0.3, -0.25) is 4.68 Å². The van der Waals surface area contributed by atoms with Gasteiger partial charge in [-0.2, -0.15) is 10.4 Å². The smallest absolute Gasteiger partial charge is 0.275 e. The molecule has 146 valence electrons. The number of rotatable bonds is 3. The average Bonchev–Trinajstić information content (AvgIpc) is 3.22. The molecule has 0 amide bonds. The van der Waals surface area contributed by atoms with Gasteiger partial charge in [0.25, 0.3) is 5.92 Å². The first-order valence-corrected chi connectivity index (χ1v) is 9.74. The molecule has 0 spiro atoms. The van der Waals surface area contributed by atoms with Gasteiger partial charge in [-0.1, -0.05) is 0 Å². The molecule has 2 fully saturated rings. The number of anilines is 1. The summed E-state index contributed by atoms with van der Waals surface area (Å²) in [5.41, 5.74) is 1.73. The van der Waals surface area contributed by atoms with Crippen molar-refractivity contribution in [2.24, 2.45) is 0 Å². The molecule has 5 rings (SSSR count). The van der Waals surface area contributed by atoms with Gasteiger partial charge in [0.15, 0.2) is 0 Å². The first-order valence-electron chi connectivity index (χ1n) is 9.74. The fourth-order valence-electron chi connectivity index (χ4n) is 4.54. The molecule has 2 saturated heterocycles. The van der Waals surface area contributed by atoms with Crippen molar-refractivity contribution >= 4 is 5.82 Å². The van der Waals surface area contributed by atoms with E-state index in [9.17, 15) is 14.0 Å². The normalized spacial score (nSPS) is 23.8. The molecule has 1 unspecified atom stereocenters. The standard InChI is InChI=1S/C20H22F2N6/c1-12-4-6-27(12)19-16(7-23)17-15(3-5-20(17,21)22)18(25-19)13-8-24-28(9-13)14-10-26(2)11-14/h8-9,12,14H,3-6,10-11H2,1-2H3. The second-order valence-electron chi connectivity index (χ2n) is 8.24. The van der Waals surface area contributed by atoms with Crippen LogP contribution in [-0.2, 0) is 12.3 Å². The van der Waals surface area contributed by atoms with E-state index < -0.39 is 5.92 Å². The molecule has 1 atom stereocenters. The van der Waals surface area contributed by atoms with Crippen molar-refractivity contribution < 1.29 is 8.78 Å². The maximum atomic E-state index is 14.8. The molecule has 2 aliphatic heterocycles. The Kier molecular flexibility index (Phi) is 3.75. The first kappa shape index (κ1) is 17.6. The Labute approximate surface area is 162 Å². The summed E-state index contributed by atoms with van der Waals surface area (Å²) in [5.74, 6) is -2.60. The van der Waals surface area contributed by atoms with E-state index in [0.29, 0.717) is 23.1 Å². The van der Waals surface area contributed by atoms with Gasteiger partial charge in [-0.05, 0) is 32.4 Å². The Morgan fingerprint density at radius 2 is 2.11 bits per heavy atom. The number of aromatic nitrogens is 3. The topological polar surface area (TPSA) is 61.0 Å². The Morgan fingerprint density at radius 1 is 1.32 bits per heavy atom. The van der Waals surface area contributed by atoms with Crippen LogP contribution in [0.3, 0.4) is 0 Å². The van der Waals surface area contributed by atoms with E-state index in [0.717, 1.165) is 31.6 Å². The van der Waals surface area contributed by atoms with Crippen LogP contribution in [0.4, 0.5) is 14.6 Å². The summed E-state index contributed by atoms with van der Waals surface area (Å²) in [7, 11) is 2.05. The predicted molar refractivity (Wildman–Crippen MR) is 100 cm³/mol. The highest BCUT2D eigenvalue weighted by atomic mass is 19.3. The van der Waals surface area contributed by atoms with E-state index in [-0.39, 0.29) is 30.0 Å². The summed E-state index contributed by atoms with van der Waals surface area (Å²) in [6.07, 6.45) is 4.56. The SMILES string of the molecule is CC1CCN1c1nc(-c2cnn(C3CN(C)C3)c2)c2c(c1C#N)C(F)(F)CC2. The van der Waals surface area contributed by atoms with Gasteiger partial charge in [-0.25, -0.2) is 13.8 Å². The van der Waals surface area contributed by atoms with Crippen molar-refractivity contribution in [1.82, 2.24) is 19.7 Å². The highest BCUT2D eigenvalue weighted by Gasteiger charge is 2.45. The van der Waals surface area contributed by atoms with Gasteiger partial charge in [0.2, 0.25) is 0 Å². The van der Waals surface area contributed by atoms with E-state index in [1.165, 1.54) is 0 Å². The minimum atomic E-state index is -2.99. The molecule has 8 heteroatoms. The first-order chi connectivity index (χ1) is 13.4. The molecule has 0 N–H and O–H groups in total. The van der Waals surface area contributed by atoms with Crippen molar-refractivity contribution in [2.45, 2.75) is 44.2 Å². The quantitative estimate of drug-likeness (QED) is 0.814. The molecule has 3 aliphatic rings. The van der Waals surface area contributed by atoms with E-state index >= 15 is 0 Å². The van der Waals surface area contributed by atoms with Gasteiger partial charge in [0.1, 0.15) is 17.5 Å². The number of halogens is 2. The molecule has 4 heterocycles. The second kappa shape index (κ2) is 5.98. The van der Waals surface area contributed by atoms with Crippen LogP contribution in [0.5, 0.6) is 0 Å². The zero-order valence-corrected chi connectivity index (χ0v) is 16.0. The number of likely N-dealkylation sites (tertiary alicyclic amines) is 1. The van der Waals surface area contributed by atoms with Crippen molar-refractivity contribution in [3.05, 3.63) is 29.1 Å². The van der Waals surface area contributed by atoms with Gasteiger partial charge in [-0.15, -0.1) is 0 Å². The van der Waals surface area contributed by atoms with E-state index in [4.69, 9.17) is 4.98 Å². The summed E-state index contributed by atoms with van der Waals surface area (Å²) < 4.78 is 31.4. The number of likely N-dealkylation sites (N-methyl/N-ethyl adjacent to an activating group) is 1. The lowest BCUT2D eigenvalue weighted by Crippen LogP contribution is -2.46. The second-order valence-corrected chi connectivity index (χ2v) is 8.24. The number of fused-ring (bicyclic) bond motifs is 1. The van der Waals surface area contributed by atoms with Crippen LogP contribution in [0.15, 0.2) is 12.4 Å². The molecular weight excluding hydrogens is 362 g/mol. The van der Waals surface area contributed by atoms with E-state index in [1.54, 1.807) is 6.20 Å². The average molecular weight is 384 g/mol. The molecule has 0 saturated carbocycles. The van der Waals surface area contributed by atoms with Crippen LogP contribution in [0.2, 0.25) is 0 Å². The van der Waals surface area contributed by atoms with Gasteiger partial charge in [0, 0.05) is 49.4 Å². The van der Waals surface area contributed by atoms with Crippen LogP contribution in [0.1, 0.15) is 42.5 Å². The molecular formula is C20H22F2N6. The van der Waals surface area contributed by atoms with Crippen molar-refractivity contribution in [3.8, 4) is 17.3 Å². The number of nitriles is 1. The third kappa shape index (κ3) is 2.46. The van der Waals surface area contributed by atoms with Crippen LogP contribution in [0, 0.1) is 11.3 Å². The zero-order valence-electron chi connectivity index (χ0n) is 16.0. The van der Waals surface area contributed by atoms with Crippen molar-refractivity contribution in [2.75, 3.05) is 31.6 Å². The third-order valence-electron chi connectivity index (χ3n) is 6.33. The molecule has 0 radical (unpaired) electrons. The van der Waals surface area contributed by atoms with Crippen LogP contribution in [0.25, 0.3) is 11.3 Å². The van der Waals surface area contributed by atoms with E-state index in [2.05, 4.69) is 17.0 Å². The van der Waals surface area contributed by atoms with Gasteiger partial charge >= 0.3 is 0 Å². The Morgan fingerprint density at radius 3 is 2.71 bits per heavy atom. The van der Waals surface area contributed by atoms with Crippen LogP contribution in [-0.4, -0.2) is 52.4 Å². The molecule has 6 nitrogen and oxygen atoms in total. The minimum Gasteiger partial charge on any atom is -0.353 e. The summed E-state index contributed by atoms with van der Waals surface area (Å²) in [5, 5.41) is 14.2.